The van der Waals surface area contributed by atoms with Gasteiger partial charge in [-0.15, -0.1) is 0 Å². The Morgan fingerprint density at radius 3 is 2.83 bits per heavy atom. The number of nitrogens with two attached hydrogens (primary N) is 2. The smallest absolute Gasteiger partial charge is 0.223 e. The molecule has 1 fully saturated rings. The Balaban J connectivity index is 1.91. The van der Waals surface area contributed by atoms with E-state index in [0.29, 0.717) is 5.82 Å². The molecule has 0 amide bonds. The van der Waals surface area contributed by atoms with Gasteiger partial charge in [-0.25, -0.2) is 5.84 Å². The molecule has 2 rings (SSSR count). The number of aromatic nitrogens is 2. The molecule has 1 aromatic rings. The first-order valence-corrected chi connectivity index (χ1v) is 6.52. The summed E-state index contributed by atoms with van der Waals surface area (Å²) in [7, 11) is 0. The van der Waals surface area contributed by atoms with Gasteiger partial charge in [0.05, 0.1) is 0 Å². The van der Waals surface area contributed by atoms with Crippen LogP contribution in [0.2, 0.25) is 0 Å². The van der Waals surface area contributed by atoms with E-state index in [2.05, 4.69) is 27.6 Å². The first-order valence-electron chi connectivity index (χ1n) is 6.52. The number of hydrazine groups is 1. The lowest BCUT2D eigenvalue weighted by atomic mass is 9.82. The Bertz CT molecular complexity index is 394. The maximum absolute atomic E-state index is 5.61. The van der Waals surface area contributed by atoms with E-state index in [1.165, 1.54) is 25.7 Å². The second kappa shape index (κ2) is 5.86. The Kier molecular flexibility index (Phi) is 4.19. The molecule has 1 saturated carbocycles. The fourth-order valence-corrected chi connectivity index (χ4v) is 2.62. The van der Waals surface area contributed by atoms with E-state index in [1.54, 1.807) is 6.07 Å². The molecule has 0 radical (unpaired) electrons. The van der Waals surface area contributed by atoms with Crippen molar-refractivity contribution in [2.75, 3.05) is 23.0 Å². The van der Waals surface area contributed by atoms with Gasteiger partial charge in [-0.05, 0) is 24.7 Å². The molecule has 1 heterocycles. The van der Waals surface area contributed by atoms with Crippen LogP contribution in [0.15, 0.2) is 6.07 Å². The molecular formula is C12H22N6. The molecule has 1 aromatic heterocycles. The molecule has 1 aliphatic rings. The number of hydrogen-bond acceptors (Lipinski definition) is 6. The molecule has 0 saturated heterocycles. The lowest BCUT2D eigenvalue weighted by molar-refractivity contribution is 0.293. The second-order valence-corrected chi connectivity index (χ2v) is 5.16. The highest BCUT2D eigenvalue weighted by atomic mass is 15.3. The highest BCUT2D eigenvalue weighted by Gasteiger charge is 2.18. The van der Waals surface area contributed by atoms with Crippen LogP contribution in [-0.2, 0) is 0 Å². The van der Waals surface area contributed by atoms with Crippen molar-refractivity contribution in [1.82, 2.24) is 9.97 Å². The number of rotatable bonds is 4. The van der Waals surface area contributed by atoms with Gasteiger partial charge in [-0.1, -0.05) is 19.8 Å². The standard InChI is InChI=1S/C12H22N6/c1-8-3-2-4-9(5-8)7-15-10-6-11(18-14)17-12(13)16-10/h6,8-9H,2-5,7,14H2,1H3,(H4,13,15,16,17,18). The van der Waals surface area contributed by atoms with Crippen LogP contribution in [0.25, 0.3) is 0 Å². The van der Waals surface area contributed by atoms with Crippen molar-refractivity contribution in [2.24, 2.45) is 17.7 Å². The van der Waals surface area contributed by atoms with Crippen molar-refractivity contribution in [3.05, 3.63) is 6.07 Å². The van der Waals surface area contributed by atoms with Crippen molar-refractivity contribution in [2.45, 2.75) is 32.6 Å². The normalized spacial score (nSPS) is 23.7. The molecule has 18 heavy (non-hydrogen) atoms. The van der Waals surface area contributed by atoms with Gasteiger partial charge in [0.1, 0.15) is 11.6 Å². The van der Waals surface area contributed by atoms with E-state index in [4.69, 9.17) is 11.6 Å². The van der Waals surface area contributed by atoms with Crippen LogP contribution in [0.5, 0.6) is 0 Å². The van der Waals surface area contributed by atoms with E-state index < -0.39 is 0 Å². The number of nitrogens with zero attached hydrogens (tertiary/aromatic N) is 2. The predicted octanol–water partition coefficient (Wildman–Crippen LogP) is 1.58. The summed E-state index contributed by atoms with van der Waals surface area (Å²) in [6.45, 7) is 3.26. The molecule has 0 aromatic carbocycles. The van der Waals surface area contributed by atoms with Gasteiger partial charge in [0.15, 0.2) is 0 Å². The Morgan fingerprint density at radius 1 is 1.33 bits per heavy atom. The molecular weight excluding hydrogens is 228 g/mol. The van der Waals surface area contributed by atoms with Gasteiger partial charge in [0.2, 0.25) is 5.95 Å². The van der Waals surface area contributed by atoms with E-state index >= 15 is 0 Å². The average Bonchev–Trinajstić information content (AvgIpc) is 2.36. The summed E-state index contributed by atoms with van der Waals surface area (Å²) in [6.07, 6.45) is 5.27. The zero-order chi connectivity index (χ0) is 13.0. The molecule has 0 bridgehead atoms. The minimum atomic E-state index is 0.227. The molecule has 6 N–H and O–H groups in total. The molecule has 0 spiro atoms. The molecule has 2 unspecified atom stereocenters. The SMILES string of the molecule is CC1CCCC(CNc2cc(NN)nc(N)n2)C1. The molecule has 100 valence electrons. The third-order valence-electron chi connectivity index (χ3n) is 3.51. The Morgan fingerprint density at radius 2 is 2.11 bits per heavy atom. The van der Waals surface area contributed by atoms with Crippen LogP contribution >= 0.6 is 0 Å². The van der Waals surface area contributed by atoms with Gasteiger partial charge in [0.25, 0.3) is 0 Å². The Labute approximate surface area is 108 Å². The molecule has 6 nitrogen and oxygen atoms in total. The third-order valence-corrected chi connectivity index (χ3v) is 3.51. The highest BCUT2D eigenvalue weighted by Crippen LogP contribution is 2.28. The van der Waals surface area contributed by atoms with Crippen LogP contribution in [0.3, 0.4) is 0 Å². The van der Waals surface area contributed by atoms with E-state index in [9.17, 15) is 0 Å². The Hall–Kier alpha value is -1.56. The fourth-order valence-electron chi connectivity index (χ4n) is 2.62. The monoisotopic (exact) mass is 250 g/mol. The van der Waals surface area contributed by atoms with E-state index in [-0.39, 0.29) is 5.95 Å². The number of anilines is 3. The second-order valence-electron chi connectivity index (χ2n) is 5.16. The summed E-state index contributed by atoms with van der Waals surface area (Å²) >= 11 is 0. The van der Waals surface area contributed by atoms with Crippen molar-refractivity contribution in [1.29, 1.82) is 0 Å². The van der Waals surface area contributed by atoms with Crippen LogP contribution in [0, 0.1) is 11.8 Å². The summed E-state index contributed by atoms with van der Waals surface area (Å²) in [5.74, 6) is 8.36. The lowest BCUT2D eigenvalue weighted by Crippen LogP contribution is -2.21. The zero-order valence-electron chi connectivity index (χ0n) is 10.8. The summed E-state index contributed by atoms with van der Waals surface area (Å²) in [6, 6.07) is 1.77. The summed E-state index contributed by atoms with van der Waals surface area (Å²) < 4.78 is 0. The molecule has 0 aliphatic heterocycles. The predicted molar refractivity (Wildman–Crippen MR) is 73.9 cm³/mol. The number of nitrogen functional groups attached to an aromatic ring is 2. The fraction of sp³-hybridized carbons (Fsp3) is 0.667. The van der Waals surface area contributed by atoms with Gasteiger partial charge in [-0.3, -0.25) is 0 Å². The summed E-state index contributed by atoms with van der Waals surface area (Å²) in [5.41, 5.74) is 8.09. The summed E-state index contributed by atoms with van der Waals surface area (Å²) in [4.78, 5) is 8.09. The van der Waals surface area contributed by atoms with E-state index in [1.807, 2.05) is 0 Å². The number of hydrogen-bond donors (Lipinski definition) is 4. The maximum atomic E-state index is 5.61. The first kappa shape index (κ1) is 12.9. The average molecular weight is 250 g/mol. The molecule has 2 atom stereocenters. The van der Waals surface area contributed by atoms with Gasteiger partial charge >= 0.3 is 0 Å². The topological polar surface area (TPSA) is 102 Å². The minimum absolute atomic E-state index is 0.227. The van der Waals surface area contributed by atoms with Gasteiger partial charge in [0, 0.05) is 12.6 Å². The van der Waals surface area contributed by atoms with Crippen molar-refractivity contribution < 1.29 is 0 Å². The molecule has 1 aliphatic carbocycles. The van der Waals surface area contributed by atoms with Crippen molar-refractivity contribution in [3.63, 3.8) is 0 Å². The number of nitrogens with one attached hydrogen (secondary N) is 2. The van der Waals surface area contributed by atoms with Crippen molar-refractivity contribution >= 4 is 17.6 Å². The third kappa shape index (κ3) is 3.46. The van der Waals surface area contributed by atoms with Gasteiger partial charge < -0.3 is 16.5 Å². The van der Waals surface area contributed by atoms with Crippen LogP contribution in [0.4, 0.5) is 17.6 Å². The highest BCUT2D eigenvalue weighted by molar-refractivity contribution is 5.50. The van der Waals surface area contributed by atoms with Crippen molar-refractivity contribution in [3.8, 4) is 0 Å². The largest absolute Gasteiger partial charge is 0.370 e. The van der Waals surface area contributed by atoms with Crippen LogP contribution < -0.4 is 22.3 Å². The van der Waals surface area contributed by atoms with Crippen LogP contribution in [0.1, 0.15) is 32.6 Å². The first-order chi connectivity index (χ1) is 8.67. The minimum Gasteiger partial charge on any atom is -0.370 e. The van der Waals surface area contributed by atoms with Gasteiger partial charge in [-0.2, -0.15) is 9.97 Å². The quantitative estimate of drug-likeness (QED) is 0.478. The maximum Gasteiger partial charge on any atom is 0.223 e. The lowest BCUT2D eigenvalue weighted by Gasteiger charge is -2.26. The summed E-state index contributed by atoms with van der Waals surface area (Å²) in [5, 5.41) is 3.32. The van der Waals surface area contributed by atoms with Crippen LogP contribution in [-0.4, -0.2) is 16.5 Å². The molecule has 6 heteroatoms. The van der Waals surface area contributed by atoms with E-state index in [0.717, 1.165) is 24.2 Å². The zero-order valence-corrected chi connectivity index (χ0v) is 10.8.